The fourth-order valence-electron chi connectivity index (χ4n) is 3.96. The highest BCUT2D eigenvalue weighted by Crippen LogP contribution is 2.36. The highest BCUT2D eigenvalue weighted by molar-refractivity contribution is 5.86. The van der Waals surface area contributed by atoms with Crippen molar-refractivity contribution < 1.29 is 6.85 Å². The van der Waals surface area contributed by atoms with Crippen molar-refractivity contribution in [2.75, 3.05) is 0 Å². The maximum absolute atomic E-state index is 8.43. The van der Waals surface area contributed by atoms with Gasteiger partial charge in [-0.3, -0.25) is 0 Å². The molecule has 0 aliphatic heterocycles. The number of aromatic nitrogens is 1. The van der Waals surface area contributed by atoms with Crippen LogP contribution in [0.1, 0.15) is 56.5 Å². The number of para-hydroxylation sites is 2. The van der Waals surface area contributed by atoms with Crippen LogP contribution in [0.5, 0.6) is 0 Å². The van der Waals surface area contributed by atoms with Crippen molar-refractivity contribution in [3.05, 3.63) is 102 Å². The molecule has 1 heteroatoms. The zero-order valence-corrected chi connectivity index (χ0v) is 15.8. The molecule has 136 valence electrons. The number of hydrogen-bond acceptors (Lipinski definition) is 0. The molecule has 1 aromatic heterocycles. The molecular formula is C26H27N. The molecule has 0 fully saturated rings. The third kappa shape index (κ3) is 3.55. The lowest BCUT2D eigenvalue weighted by atomic mass is 9.84. The Hall–Kier alpha value is -2.80. The van der Waals surface area contributed by atoms with E-state index in [0.717, 1.165) is 29.3 Å². The van der Waals surface area contributed by atoms with Crippen LogP contribution < -0.4 is 0 Å². The third-order valence-electron chi connectivity index (χ3n) is 5.40. The van der Waals surface area contributed by atoms with E-state index >= 15 is 0 Å². The van der Waals surface area contributed by atoms with Crippen LogP contribution in [-0.2, 0) is 0 Å². The van der Waals surface area contributed by atoms with E-state index in [9.17, 15) is 0 Å². The van der Waals surface area contributed by atoms with Crippen molar-refractivity contribution in [2.45, 2.75) is 38.5 Å². The summed E-state index contributed by atoms with van der Waals surface area (Å²) in [5, 5.41) is 1.05. The first-order valence-corrected chi connectivity index (χ1v) is 9.57. The minimum Gasteiger partial charge on any atom is -0.316 e. The first kappa shape index (κ1) is 12.6. The second kappa shape index (κ2) is 7.84. The predicted molar refractivity (Wildman–Crippen MR) is 116 cm³/mol. The Labute approximate surface area is 169 Å². The topological polar surface area (TPSA) is 4.93 Å². The van der Waals surface area contributed by atoms with Gasteiger partial charge in [0.25, 0.3) is 0 Å². The molecule has 0 spiro atoms. The minimum absolute atomic E-state index is 0.188. The third-order valence-corrected chi connectivity index (χ3v) is 5.40. The summed E-state index contributed by atoms with van der Waals surface area (Å²) in [6.07, 6.45) is 3.96. The SMILES string of the molecule is [2H]c1c([2H])c([2H])c(-n2cc(C(C)CC(CC)c3ccccc3)c3ccccc32)c([2H])c1[2H]. The zero-order valence-electron chi connectivity index (χ0n) is 20.8. The van der Waals surface area contributed by atoms with Crippen molar-refractivity contribution >= 4 is 10.9 Å². The van der Waals surface area contributed by atoms with Gasteiger partial charge in [0.15, 0.2) is 0 Å². The molecule has 0 saturated heterocycles. The molecule has 0 aliphatic carbocycles. The number of benzene rings is 3. The highest BCUT2D eigenvalue weighted by atomic mass is 15.0. The molecule has 27 heavy (non-hydrogen) atoms. The van der Waals surface area contributed by atoms with Gasteiger partial charge in [-0.1, -0.05) is 80.5 Å². The normalized spacial score (nSPS) is 16.1. The molecule has 2 atom stereocenters. The zero-order chi connectivity index (χ0) is 23.0. The molecule has 1 heterocycles. The molecule has 0 aliphatic rings. The minimum atomic E-state index is -0.373. The molecule has 4 aromatic rings. The Morgan fingerprint density at radius 1 is 0.926 bits per heavy atom. The molecular weight excluding hydrogens is 326 g/mol. The van der Waals surface area contributed by atoms with Gasteiger partial charge in [-0.25, -0.2) is 0 Å². The van der Waals surface area contributed by atoms with Crippen molar-refractivity contribution in [1.82, 2.24) is 4.57 Å². The van der Waals surface area contributed by atoms with Gasteiger partial charge < -0.3 is 4.57 Å². The van der Waals surface area contributed by atoms with E-state index in [-0.39, 0.29) is 41.8 Å². The van der Waals surface area contributed by atoms with E-state index in [1.54, 1.807) is 4.57 Å². The number of hydrogen-bond donors (Lipinski definition) is 0. The molecule has 4 rings (SSSR count). The van der Waals surface area contributed by atoms with Gasteiger partial charge in [-0.2, -0.15) is 0 Å². The van der Waals surface area contributed by atoms with E-state index in [0.29, 0.717) is 5.92 Å². The van der Waals surface area contributed by atoms with Gasteiger partial charge >= 0.3 is 0 Å². The smallest absolute Gasteiger partial charge is 0.0645 e. The van der Waals surface area contributed by atoms with Crippen LogP contribution in [-0.4, -0.2) is 4.57 Å². The summed E-state index contributed by atoms with van der Waals surface area (Å²) < 4.78 is 42.7. The van der Waals surface area contributed by atoms with Gasteiger partial charge in [-0.15, -0.1) is 0 Å². The lowest BCUT2D eigenvalue weighted by Gasteiger charge is -2.20. The lowest BCUT2D eigenvalue weighted by Crippen LogP contribution is -2.03. The molecule has 0 saturated carbocycles. The quantitative estimate of drug-likeness (QED) is 0.340. The van der Waals surface area contributed by atoms with E-state index in [1.165, 1.54) is 5.56 Å². The van der Waals surface area contributed by atoms with Gasteiger partial charge in [0, 0.05) is 17.3 Å². The lowest BCUT2D eigenvalue weighted by molar-refractivity contribution is 0.546. The van der Waals surface area contributed by atoms with Crippen molar-refractivity contribution in [3.63, 3.8) is 0 Å². The monoisotopic (exact) mass is 358 g/mol. The Kier molecular flexibility index (Phi) is 3.65. The summed E-state index contributed by atoms with van der Waals surface area (Å²) in [7, 11) is 0. The summed E-state index contributed by atoms with van der Waals surface area (Å²) in [5.74, 6) is 0.658. The van der Waals surface area contributed by atoms with Crippen LogP contribution in [0.15, 0.2) is 91.0 Å². The number of fused-ring (bicyclic) bond motifs is 1. The Morgan fingerprint density at radius 3 is 2.37 bits per heavy atom. The van der Waals surface area contributed by atoms with Gasteiger partial charge in [0.05, 0.1) is 12.4 Å². The molecule has 0 N–H and O–H groups in total. The highest BCUT2D eigenvalue weighted by Gasteiger charge is 2.19. The standard InChI is InChI=1S/C26H27N/c1-3-21(22-12-6-4-7-13-22)18-20(2)25-19-27(23-14-8-5-9-15-23)26-17-11-10-16-24(25)26/h4-17,19-21H,3,18H2,1-2H3/i5D,8D,9D,14D,15D. The summed E-state index contributed by atoms with van der Waals surface area (Å²) in [6, 6.07) is 17.1. The Morgan fingerprint density at radius 2 is 1.63 bits per heavy atom. The molecule has 2 unspecified atom stereocenters. The fraction of sp³-hybridized carbons (Fsp3) is 0.231. The van der Waals surface area contributed by atoms with Crippen LogP contribution in [0, 0.1) is 0 Å². The fourth-order valence-corrected chi connectivity index (χ4v) is 3.96. The summed E-state index contributed by atoms with van der Waals surface area (Å²) in [5.41, 5.74) is 3.50. The Bertz CT molecular complexity index is 1230. The molecule has 1 nitrogen and oxygen atoms in total. The van der Waals surface area contributed by atoms with Crippen LogP contribution in [0.4, 0.5) is 0 Å². The number of nitrogens with zero attached hydrogens (tertiary/aromatic N) is 1. The van der Waals surface area contributed by atoms with Crippen molar-refractivity contribution in [1.29, 1.82) is 0 Å². The maximum atomic E-state index is 8.43. The largest absolute Gasteiger partial charge is 0.316 e. The Balaban J connectivity index is 1.83. The van der Waals surface area contributed by atoms with E-state index in [2.05, 4.69) is 44.2 Å². The first-order chi connectivity index (χ1) is 15.3. The van der Waals surface area contributed by atoms with Gasteiger partial charge in [0.1, 0.15) is 0 Å². The summed E-state index contributed by atoms with van der Waals surface area (Å²) in [4.78, 5) is 0. The molecule has 3 aromatic carbocycles. The molecule has 0 bridgehead atoms. The summed E-state index contributed by atoms with van der Waals surface area (Å²) >= 11 is 0. The summed E-state index contributed by atoms with van der Waals surface area (Å²) in [6.45, 7) is 4.42. The van der Waals surface area contributed by atoms with Gasteiger partial charge in [0.2, 0.25) is 0 Å². The molecule has 0 radical (unpaired) electrons. The van der Waals surface area contributed by atoms with E-state index in [1.807, 2.05) is 30.5 Å². The van der Waals surface area contributed by atoms with E-state index in [4.69, 9.17) is 6.85 Å². The molecule has 0 amide bonds. The number of rotatable bonds is 6. The van der Waals surface area contributed by atoms with Crippen molar-refractivity contribution in [2.24, 2.45) is 0 Å². The second-order valence-electron chi connectivity index (χ2n) is 7.10. The predicted octanol–water partition coefficient (Wildman–Crippen LogP) is 7.32. The maximum Gasteiger partial charge on any atom is 0.0645 e. The van der Waals surface area contributed by atoms with Gasteiger partial charge in [-0.05, 0) is 54.0 Å². The van der Waals surface area contributed by atoms with E-state index < -0.39 is 0 Å². The van der Waals surface area contributed by atoms with Crippen LogP contribution >= 0.6 is 0 Å². The van der Waals surface area contributed by atoms with Crippen LogP contribution in [0.3, 0.4) is 0 Å². The average molecular weight is 359 g/mol. The average Bonchev–Trinajstić information content (AvgIpc) is 3.20. The first-order valence-electron chi connectivity index (χ1n) is 12.1. The van der Waals surface area contributed by atoms with Crippen LogP contribution in [0.2, 0.25) is 0 Å². The van der Waals surface area contributed by atoms with Crippen LogP contribution in [0.25, 0.3) is 16.6 Å². The second-order valence-corrected chi connectivity index (χ2v) is 7.10. The van der Waals surface area contributed by atoms with Crippen molar-refractivity contribution in [3.8, 4) is 5.69 Å².